The molecule has 1 aromatic carbocycles. The van der Waals surface area contributed by atoms with Crippen molar-refractivity contribution in [3.8, 4) is 0 Å². The standard InChI is InChI=1S/C19H31N3O9.C9H12/c1-12(20-13(2)18(24)25)17(23)21-15-6-4-3-5-14(15)11-16(21)19(26)30-9-7-29-8-10-31-22(27)28;1-2-6-9-7-4-3-5-8-9/h12-16,20H,3-11H2,1-2H3,(H,24,25);3-5,7-8H,2,6H2,1H3. The lowest BCUT2D eigenvalue weighted by Crippen LogP contribution is -2.55. The highest BCUT2D eigenvalue weighted by molar-refractivity contribution is 5.89. The van der Waals surface area contributed by atoms with Gasteiger partial charge in [0.05, 0.1) is 19.3 Å². The molecule has 2 aliphatic rings. The quantitative estimate of drug-likeness (QED) is 0.149. The second-order valence-electron chi connectivity index (χ2n) is 10.1. The summed E-state index contributed by atoms with van der Waals surface area (Å²) in [6.07, 6.45) is 6.74. The Kier molecular flexibility index (Phi) is 14.4. The smallest absolute Gasteiger partial charge is 0.328 e. The SMILES string of the molecule is CC(NC(C)C(=O)N1C(C(=O)OCCOCCO[N+](=O)[O-])CC2CCCCC21)C(=O)O.CCCc1ccccc1. The zero-order valence-corrected chi connectivity index (χ0v) is 23.7. The summed E-state index contributed by atoms with van der Waals surface area (Å²) in [6, 6.07) is 8.14. The van der Waals surface area contributed by atoms with Crippen LogP contribution < -0.4 is 5.32 Å². The van der Waals surface area contributed by atoms with E-state index in [-0.39, 0.29) is 44.3 Å². The first-order chi connectivity index (χ1) is 19.1. The molecule has 3 rings (SSSR count). The zero-order valence-electron chi connectivity index (χ0n) is 23.7. The maximum absolute atomic E-state index is 13.1. The summed E-state index contributed by atoms with van der Waals surface area (Å²) < 4.78 is 10.4. The minimum absolute atomic E-state index is 0.0122. The summed E-state index contributed by atoms with van der Waals surface area (Å²) in [5, 5.41) is 21.0. The van der Waals surface area contributed by atoms with Gasteiger partial charge in [-0.25, -0.2) is 4.79 Å². The lowest BCUT2D eigenvalue weighted by Gasteiger charge is -2.35. The number of carboxylic acids is 1. The Labute approximate surface area is 235 Å². The third-order valence-corrected chi connectivity index (χ3v) is 7.13. The second kappa shape index (κ2) is 17.4. The first kappa shape index (κ1) is 33.0. The Bertz CT molecular complexity index is 946. The Morgan fingerprint density at radius 2 is 1.75 bits per heavy atom. The molecule has 5 atom stereocenters. The largest absolute Gasteiger partial charge is 0.480 e. The average molecular weight is 566 g/mol. The number of rotatable bonds is 14. The number of aliphatic carboxylic acids is 1. The lowest BCUT2D eigenvalue weighted by atomic mass is 9.84. The molecular weight excluding hydrogens is 522 g/mol. The summed E-state index contributed by atoms with van der Waals surface area (Å²) in [6.45, 7) is 5.04. The molecule has 12 nitrogen and oxygen atoms in total. The van der Waals surface area contributed by atoms with Gasteiger partial charge in [-0.05, 0) is 51.0 Å². The van der Waals surface area contributed by atoms with Gasteiger partial charge < -0.3 is 24.3 Å². The monoisotopic (exact) mass is 565 g/mol. The van der Waals surface area contributed by atoms with E-state index >= 15 is 0 Å². The number of amides is 1. The topological polar surface area (TPSA) is 158 Å². The molecule has 1 saturated carbocycles. The summed E-state index contributed by atoms with van der Waals surface area (Å²) in [5.41, 5.74) is 1.44. The molecule has 5 unspecified atom stereocenters. The maximum Gasteiger partial charge on any atom is 0.328 e. The summed E-state index contributed by atoms with van der Waals surface area (Å²) in [7, 11) is 0. The number of carbonyl (C=O) groups is 3. The van der Waals surface area contributed by atoms with E-state index < -0.39 is 35.2 Å². The predicted octanol–water partition coefficient (Wildman–Crippen LogP) is 3.00. The molecule has 1 saturated heterocycles. The van der Waals surface area contributed by atoms with E-state index in [2.05, 4.69) is 47.4 Å². The fourth-order valence-electron chi connectivity index (χ4n) is 5.23. The molecule has 12 heteroatoms. The number of benzene rings is 1. The van der Waals surface area contributed by atoms with Gasteiger partial charge >= 0.3 is 11.9 Å². The number of hydrogen-bond acceptors (Lipinski definition) is 9. The van der Waals surface area contributed by atoms with E-state index in [1.807, 2.05) is 0 Å². The van der Waals surface area contributed by atoms with Crippen LogP contribution in [0.15, 0.2) is 30.3 Å². The van der Waals surface area contributed by atoms with Crippen molar-refractivity contribution >= 4 is 17.8 Å². The molecular formula is C28H43N3O9. The van der Waals surface area contributed by atoms with Crippen molar-refractivity contribution in [2.45, 2.75) is 89.9 Å². The average Bonchev–Trinajstić information content (AvgIpc) is 3.32. The van der Waals surface area contributed by atoms with Crippen molar-refractivity contribution in [2.24, 2.45) is 5.92 Å². The number of carboxylic acid groups (broad SMARTS) is 1. The Hall–Kier alpha value is -3.25. The van der Waals surface area contributed by atoms with Crippen LogP contribution in [0.5, 0.6) is 0 Å². The van der Waals surface area contributed by atoms with E-state index in [9.17, 15) is 24.5 Å². The molecule has 1 aliphatic carbocycles. The van der Waals surface area contributed by atoms with E-state index in [0.29, 0.717) is 6.42 Å². The summed E-state index contributed by atoms with van der Waals surface area (Å²) in [4.78, 5) is 52.7. The number of esters is 1. The van der Waals surface area contributed by atoms with Crippen LogP contribution >= 0.6 is 0 Å². The third-order valence-electron chi connectivity index (χ3n) is 7.13. The van der Waals surface area contributed by atoms with Crippen LogP contribution in [0.3, 0.4) is 0 Å². The third kappa shape index (κ3) is 10.7. The van der Waals surface area contributed by atoms with Crippen LogP contribution in [0.2, 0.25) is 0 Å². The van der Waals surface area contributed by atoms with E-state index in [1.165, 1.54) is 25.3 Å². The molecule has 1 amide bonds. The van der Waals surface area contributed by atoms with Gasteiger partial charge in [0, 0.05) is 6.04 Å². The number of carbonyl (C=O) groups excluding carboxylic acids is 2. The van der Waals surface area contributed by atoms with Crippen molar-refractivity contribution in [1.82, 2.24) is 10.2 Å². The van der Waals surface area contributed by atoms with Gasteiger partial charge in [-0.1, -0.05) is 56.5 Å². The number of hydrogen-bond donors (Lipinski definition) is 2. The highest BCUT2D eigenvalue weighted by atomic mass is 17.0. The first-order valence-electron chi connectivity index (χ1n) is 14.0. The van der Waals surface area contributed by atoms with Crippen molar-refractivity contribution in [2.75, 3.05) is 26.4 Å². The van der Waals surface area contributed by atoms with E-state index in [1.54, 1.807) is 11.8 Å². The predicted molar refractivity (Wildman–Crippen MR) is 146 cm³/mol. The molecule has 0 radical (unpaired) electrons. The van der Waals surface area contributed by atoms with Gasteiger partial charge in [-0.3, -0.25) is 14.9 Å². The molecule has 1 heterocycles. The molecule has 0 bridgehead atoms. The molecule has 1 aliphatic heterocycles. The van der Waals surface area contributed by atoms with Gasteiger partial charge in [-0.2, -0.15) is 0 Å². The number of ether oxygens (including phenoxy) is 2. The van der Waals surface area contributed by atoms with Crippen molar-refractivity contribution in [1.29, 1.82) is 0 Å². The van der Waals surface area contributed by atoms with Gasteiger partial charge in [-0.15, -0.1) is 10.1 Å². The number of nitrogens with zero attached hydrogens (tertiary/aromatic N) is 2. The molecule has 2 N–H and O–H groups in total. The Balaban J connectivity index is 0.000000526. The van der Waals surface area contributed by atoms with Crippen LogP contribution in [0, 0.1) is 16.0 Å². The number of nitrogens with one attached hydrogen (secondary N) is 1. The number of likely N-dealkylation sites (tertiary alicyclic amines) is 1. The molecule has 0 spiro atoms. The second-order valence-corrected chi connectivity index (χ2v) is 10.1. The fraction of sp³-hybridized carbons (Fsp3) is 0.679. The normalized spacial score (nSPS) is 21.3. The van der Waals surface area contributed by atoms with Crippen LogP contribution in [-0.4, -0.2) is 83.5 Å². The highest BCUT2D eigenvalue weighted by Gasteiger charge is 2.49. The molecule has 224 valence electrons. The number of fused-ring (bicyclic) bond motifs is 1. The van der Waals surface area contributed by atoms with Gasteiger partial charge in [0.1, 0.15) is 25.3 Å². The summed E-state index contributed by atoms with van der Waals surface area (Å²) >= 11 is 0. The Morgan fingerprint density at radius 3 is 2.40 bits per heavy atom. The fourth-order valence-corrected chi connectivity index (χ4v) is 5.23. The van der Waals surface area contributed by atoms with Crippen molar-refractivity contribution in [3.63, 3.8) is 0 Å². The first-order valence-corrected chi connectivity index (χ1v) is 14.0. The van der Waals surface area contributed by atoms with Crippen LogP contribution in [-0.2, 0) is 35.1 Å². The maximum atomic E-state index is 13.1. The van der Waals surface area contributed by atoms with E-state index in [4.69, 9.17) is 14.6 Å². The van der Waals surface area contributed by atoms with Crippen molar-refractivity contribution in [3.05, 3.63) is 46.0 Å². The minimum Gasteiger partial charge on any atom is -0.480 e. The lowest BCUT2D eigenvalue weighted by molar-refractivity contribution is -0.758. The minimum atomic E-state index is -1.06. The van der Waals surface area contributed by atoms with Gasteiger partial charge in [0.2, 0.25) is 5.91 Å². The van der Waals surface area contributed by atoms with Crippen LogP contribution in [0.4, 0.5) is 0 Å². The van der Waals surface area contributed by atoms with Crippen LogP contribution in [0.25, 0.3) is 0 Å². The molecule has 40 heavy (non-hydrogen) atoms. The number of aryl methyl sites for hydroxylation is 1. The summed E-state index contributed by atoms with van der Waals surface area (Å²) in [5.74, 6) is -1.67. The van der Waals surface area contributed by atoms with Gasteiger partial charge in [0.15, 0.2) is 0 Å². The van der Waals surface area contributed by atoms with E-state index in [0.717, 1.165) is 25.7 Å². The van der Waals surface area contributed by atoms with Crippen molar-refractivity contribution < 1.29 is 38.9 Å². The molecule has 2 fully saturated rings. The zero-order chi connectivity index (χ0) is 29.5. The van der Waals surface area contributed by atoms with Crippen LogP contribution in [0.1, 0.15) is 64.9 Å². The Morgan fingerprint density at radius 1 is 1.07 bits per heavy atom. The molecule has 1 aromatic rings. The molecule has 0 aromatic heterocycles. The highest BCUT2D eigenvalue weighted by Crippen LogP contribution is 2.40. The van der Waals surface area contributed by atoms with Gasteiger partial charge in [0.25, 0.3) is 5.09 Å².